The van der Waals surface area contributed by atoms with E-state index in [4.69, 9.17) is 15.0 Å². The van der Waals surface area contributed by atoms with Crippen LogP contribution in [0.25, 0.3) is 10.9 Å². The second kappa shape index (κ2) is 9.17. The molecule has 1 amide bonds. The number of piperidine rings is 1. The number of hydrogen-bond acceptors (Lipinski definition) is 8. The number of nitrogens with zero attached hydrogens (tertiary/aromatic N) is 5. The molecule has 0 aromatic carbocycles. The number of hydrogen-bond donors (Lipinski definition) is 3. The van der Waals surface area contributed by atoms with E-state index in [1.54, 1.807) is 7.11 Å². The van der Waals surface area contributed by atoms with Gasteiger partial charge in [0.05, 0.1) is 18.7 Å². The minimum absolute atomic E-state index is 0.105. The minimum Gasteiger partial charge on any atom is -0.481 e. The second-order valence-corrected chi connectivity index (χ2v) is 8.99. The van der Waals surface area contributed by atoms with Gasteiger partial charge in [0, 0.05) is 60.2 Å². The molecule has 34 heavy (non-hydrogen) atoms. The molecule has 5 heterocycles. The van der Waals surface area contributed by atoms with E-state index >= 15 is 0 Å². The van der Waals surface area contributed by atoms with Crippen molar-refractivity contribution in [1.29, 1.82) is 5.26 Å². The van der Waals surface area contributed by atoms with Gasteiger partial charge in [0.1, 0.15) is 11.6 Å². The zero-order valence-electron chi connectivity index (χ0n) is 19.3. The summed E-state index contributed by atoms with van der Waals surface area (Å²) >= 11 is 0. The highest BCUT2D eigenvalue weighted by atomic mass is 16.5. The van der Waals surface area contributed by atoms with Crippen LogP contribution in [-0.4, -0.2) is 56.2 Å². The largest absolute Gasteiger partial charge is 0.481 e. The molecule has 2 aliphatic heterocycles. The van der Waals surface area contributed by atoms with Crippen LogP contribution < -0.4 is 15.4 Å². The lowest BCUT2D eigenvalue weighted by Gasteiger charge is -2.39. The van der Waals surface area contributed by atoms with Crippen LogP contribution in [0.1, 0.15) is 44.2 Å². The van der Waals surface area contributed by atoms with Gasteiger partial charge >= 0.3 is 0 Å². The molecule has 2 fully saturated rings. The van der Waals surface area contributed by atoms with Gasteiger partial charge in [-0.15, -0.1) is 0 Å². The van der Waals surface area contributed by atoms with Crippen LogP contribution in [0.15, 0.2) is 24.3 Å². The number of nitrogens with one attached hydrogen (secondary N) is 3. The predicted octanol–water partition coefficient (Wildman–Crippen LogP) is 3.65. The first kappa shape index (κ1) is 21.9. The minimum atomic E-state index is 0.105. The van der Waals surface area contributed by atoms with Crippen LogP contribution in [0.3, 0.4) is 0 Å². The van der Waals surface area contributed by atoms with Gasteiger partial charge in [-0.05, 0) is 38.7 Å². The molecule has 0 saturated carbocycles. The van der Waals surface area contributed by atoms with Gasteiger partial charge in [-0.3, -0.25) is 9.89 Å². The van der Waals surface area contributed by atoms with E-state index in [9.17, 15) is 4.79 Å². The summed E-state index contributed by atoms with van der Waals surface area (Å²) in [6.45, 7) is 1.94. The molecule has 10 heteroatoms. The van der Waals surface area contributed by atoms with Crippen LogP contribution in [0, 0.1) is 18.3 Å². The molecule has 3 aromatic rings. The van der Waals surface area contributed by atoms with E-state index in [0.717, 1.165) is 48.1 Å². The average Bonchev–Trinajstić information content (AvgIpc) is 3.36. The van der Waals surface area contributed by atoms with Gasteiger partial charge in [0.25, 0.3) is 0 Å². The Morgan fingerprint density at radius 1 is 1.24 bits per heavy atom. The number of carbonyl (C=O) groups excluding carboxylic acids is 1. The summed E-state index contributed by atoms with van der Waals surface area (Å²) in [4.78, 5) is 24.1. The van der Waals surface area contributed by atoms with Crippen molar-refractivity contribution in [3.05, 3.63) is 30.0 Å². The fraction of sp³-hybridized carbons (Fsp3) is 0.458. The van der Waals surface area contributed by atoms with Gasteiger partial charge in [-0.25, -0.2) is 9.97 Å². The predicted molar refractivity (Wildman–Crippen MR) is 128 cm³/mol. The third-order valence-corrected chi connectivity index (χ3v) is 6.64. The quantitative estimate of drug-likeness (QED) is 0.487. The van der Waals surface area contributed by atoms with Gasteiger partial charge in [-0.2, -0.15) is 10.4 Å². The number of rotatable bonds is 7. The number of amides is 1. The number of methoxy groups -OCH3 is 1. The highest BCUT2D eigenvalue weighted by Crippen LogP contribution is 2.38. The van der Waals surface area contributed by atoms with Crippen LogP contribution >= 0.6 is 0 Å². The Hall–Kier alpha value is -3.87. The van der Waals surface area contributed by atoms with E-state index < -0.39 is 0 Å². The Balaban J connectivity index is 1.40. The molecule has 3 atom stereocenters. The summed E-state index contributed by atoms with van der Waals surface area (Å²) in [5.41, 5.74) is 1.71. The van der Waals surface area contributed by atoms with Crippen LogP contribution in [0.5, 0.6) is 5.88 Å². The van der Waals surface area contributed by atoms with Crippen LogP contribution in [-0.2, 0) is 4.79 Å². The number of aryl methyl sites for hydroxylation is 1. The molecule has 2 bridgehead atoms. The lowest BCUT2D eigenvalue weighted by molar-refractivity contribution is -0.135. The van der Waals surface area contributed by atoms with Gasteiger partial charge in [0.2, 0.25) is 11.8 Å². The lowest BCUT2D eigenvalue weighted by atomic mass is 9.96. The zero-order chi connectivity index (χ0) is 23.7. The van der Waals surface area contributed by atoms with E-state index in [-0.39, 0.29) is 30.5 Å². The third-order valence-electron chi connectivity index (χ3n) is 6.64. The maximum atomic E-state index is 12.6. The van der Waals surface area contributed by atoms with Crippen molar-refractivity contribution >= 4 is 34.3 Å². The van der Waals surface area contributed by atoms with Gasteiger partial charge < -0.3 is 20.3 Å². The first-order chi connectivity index (χ1) is 16.5. The van der Waals surface area contributed by atoms with Crippen molar-refractivity contribution in [1.82, 2.24) is 25.1 Å². The zero-order valence-corrected chi connectivity index (χ0v) is 19.3. The molecule has 0 aliphatic carbocycles. The number of nitriles is 1. The second-order valence-electron chi connectivity index (χ2n) is 8.99. The summed E-state index contributed by atoms with van der Waals surface area (Å²) in [5, 5.41) is 23.8. The van der Waals surface area contributed by atoms with E-state index in [2.05, 4.69) is 31.9 Å². The smallest absolute Gasteiger partial charge is 0.224 e. The number of aromatic nitrogens is 4. The lowest BCUT2D eigenvalue weighted by Crippen LogP contribution is -2.49. The average molecular weight is 461 g/mol. The van der Waals surface area contributed by atoms with E-state index in [0.29, 0.717) is 23.9 Å². The number of fused-ring (bicyclic) bond motifs is 3. The van der Waals surface area contributed by atoms with Gasteiger partial charge in [0.15, 0.2) is 5.82 Å². The number of aromatic amines is 1. The highest BCUT2D eigenvalue weighted by molar-refractivity contribution is 5.92. The Labute approximate surface area is 197 Å². The molecule has 0 radical (unpaired) electrons. The highest BCUT2D eigenvalue weighted by Gasteiger charge is 2.43. The fourth-order valence-corrected chi connectivity index (χ4v) is 5.20. The topological polar surface area (TPSA) is 132 Å². The van der Waals surface area contributed by atoms with Crippen molar-refractivity contribution in [2.24, 2.45) is 0 Å². The first-order valence-corrected chi connectivity index (χ1v) is 11.6. The summed E-state index contributed by atoms with van der Waals surface area (Å²) in [6.07, 6.45) is 4.32. The number of pyridine rings is 2. The number of H-pyrrole nitrogens is 1. The first-order valence-electron chi connectivity index (χ1n) is 11.6. The Kier molecular flexibility index (Phi) is 5.92. The maximum absolute atomic E-state index is 12.6. The molecule has 5 rings (SSSR count). The Morgan fingerprint density at radius 3 is 2.71 bits per heavy atom. The normalized spacial score (nSPS) is 21.3. The number of carbonyl (C=O) groups is 1. The molecule has 10 nitrogen and oxygen atoms in total. The fourth-order valence-electron chi connectivity index (χ4n) is 5.20. The summed E-state index contributed by atoms with van der Waals surface area (Å²) in [6, 6.07) is 10.3. The van der Waals surface area contributed by atoms with Crippen LogP contribution in [0.4, 0.5) is 17.5 Å². The summed E-state index contributed by atoms with van der Waals surface area (Å²) in [7, 11) is 1.60. The van der Waals surface area contributed by atoms with Crippen molar-refractivity contribution in [2.75, 3.05) is 17.7 Å². The standard InChI is InChI=1S/C24H28N8O2/c1-14-10-21(31-30-14)28-20-13-19-18(7-8-22(27-19)34-2)24(29-20)26-15-11-16-5-6-17(12-15)32(16)23(33)4-3-9-25/h7-8,10,13,15-17H,3-6,11-12H2,1-2H3,(H3,26,28,29,30,31)/t15?,16-,17+. The van der Waals surface area contributed by atoms with Crippen molar-refractivity contribution in [3.8, 4) is 11.9 Å². The summed E-state index contributed by atoms with van der Waals surface area (Å²) in [5.74, 6) is 2.70. The molecule has 176 valence electrons. The maximum Gasteiger partial charge on any atom is 0.224 e. The number of ether oxygens (including phenoxy) is 1. The molecular formula is C24H28N8O2. The molecule has 1 unspecified atom stereocenters. The van der Waals surface area contributed by atoms with Crippen LogP contribution in [0.2, 0.25) is 0 Å². The number of anilines is 3. The van der Waals surface area contributed by atoms with E-state index in [1.165, 1.54) is 0 Å². The summed E-state index contributed by atoms with van der Waals surface area (Å²) < 4.78 is 5.32. The SMILES string of the molecule is COc1ccc2c(NC3C[C@H]4CC[C@@H](C3)N4C(=O)CCC#N)nc(Nc3cc(C)[nH]n3)cc2n1. The molecule has 0 spiro atoms. The molecular weight excluding hydrogens is 432 g/mol. The van der Waals surface area contributed by atoms with Crippen molar-refractivity contribution in [2.45, 2.75) is 63.6 Å². The molecule has 2 aliphatic rings. The monoisotopic (exact) mass is 460 g/mol. The molecule has 3 aromatic heterocycles. The van der Waals surface area contributed by atoms with Crippen molar-refractivity contribution < 1.29 is 9.53 Å². The molecule has 3 N–H and O–H groups in total. The molecule has 2 saturated heterocycles. The van der Waals surface area contributed by atoms with E-state index in [1.807, 2.05) is 36.1 Å². The van der Waals surface area contributed by atoms with Gasteiger partial charge in [-0.1, -0.05) is 0 Å². The Morgan fingerprint density at radius 2 is 2.03 bits per heavy atom. The Bertz CT molecular complexity index is 1240. The van der Waals surface area contributed by atoms with Crippen molar-refractivity contribution in [3.63, 3.8) is 0 Å². The third kappa shape index (κ3) is 4.33.